The van der Waals surface area contributed by atoms with E-state index in [1.54, 1.807) is 6.08 Å². The SMILES string of the molecule is CC1(O)CCC2C(C(=O)O)=CCC21. The summed E-state index contributed by atoms with van der Waals surface area (Å²) in [5.41, 5.74) is -0.138. The monoisotopic (exact) mass is 182 g/mol. The number of aliphatic hydroxyl groups is 1. The van der Waals surface area contributed by atoms with E-state index in [2.05, 4.69) is 0 Å². The molecule has 3 nitrogen and oxygen atoms in total. The highest BCUT2D eigenvalue weighted by atomic mass is 16.4. The first-order valence-corrected chi connectivity index (χ1v) is 4.68. The zero-order valence-electron chi connectivity index (χ0n) is 7.66. The summed E-state index contributed by atoms with van der Waals surface area (Å²) in [6.07, 6.45) is 4.04. The van der Waals surface area contributed by atoms with Crippen molar-refractivity contribution in [3.8, 4) is 0 Å². The van der Waals surface area contributed by atoms with Gasteiger partial charge < -0.3 is 10.2 Å². The second-order valence-electron chi connectivity index (χ2n) is 4.31. The zero-order valence-corrected chi connectivity index (χ0v) is 7.66. The molecule has 1 fully saturated rings. The number of carboxylic acids is 1. The van der Waals surface area contributed by atoms with Crippen LogP contribution in [0.5, 0.6) is 0 Å². The second-order valence-corrected chi connectivity index (χ2v) is 4.31. The Kier molecular flexibility index (Phi) is 1.74. The minimum atomic E-state index is -0.815. The Morgan fingerprint density at radius 3 is 3.00 bits per heavy atom. The van der Waals surface area contributed by atoms with E-state index < -0.39 is 11.6 Å². The minimum absolute atomic E-state index is 0.0903. The number of allylic oxidation sites excluding steroid dienone is 1. The third-order valence-corrected chi connectivity index (χ3v) is 3.48. The molecule has 0 amide bonds. The Hall–Kier alpha value is -0.830. The molecule has 3 atom stereocenters. The molecule has 2 rings (SSSR count). The highest BCUT2D eigenvalue weighted by Crippen LogP contribution is 2.49. The maximum absolute atomic E-state index is 10.8. The van der Waals surface area contributed by atoms with Crippen molar-refractivity contribution in [3.05, 3.63) is 11.6 Å². The van der Waals surface area contributed by atoms with Gasteiger partial charge >= 0.3 is 5.97 Å². The fourth-order valence-corrected chi connectivity index (χ4v) is 2.71. The van der Waals surface area contributed by atoms with Crippen molar-refractivity contribution in [1.82, 2.24) is 0 Å². The van der Waals surface area contributed by atoms with Crippen molar-refractivity contribution in [2.45, 2.75) is 31.8 Å². The molecule has 13 heavy (non-hydrogen) atoms. The molecule has 3 heteroatoms. The lowest BCUT2D eigenvalue weighted by Crippen LogP contribution is -2.30. The van der Waals surface area contributed by atoms with Gasteiger partial charge in [-0.05, 0) is 38.0 Å². The highest BCUT2D eigenvalue weighted by molar-refractivity contribution is 5.88. The second kappa shape index (κ2) is 2.58. The first-order valence-electron chi connectivity index (χ1n) is 4.68. The molecular weight excluding hydrogens is 168 g/mol. The number of rotatable bonds is 1. The molecule has 0 aromatic carbocycles. The van der Waals surface area contributed by atoms with Gasteiger partial charge in [-0.15, -0.1) is 0 Å². The van der Waals surface area contributed by atoms with E-state index in [1.807, 2.05) is 6.92 Å². The fraction of sp³-hybridized carbons (Fsp3) is 0.700. The van der Waals surface area contributed by atoms with Gasteiger partial charge in [0, 0.05) is 5.57 Å². The van der Waals surface area contributed by atoms with Gasteiger partial charge in [-0.1, -0.05) is 6.08 Å². The molecule has 0 aromatic heterocycles. The van der Waals surface area contributed by atoms with Crippen LogP contribution in [0.3, 0.4) is 0 Å². The summed E-state index contributed by atoms with van der Waals surface area (Å²) in [5, 5.41) is 18.8. The summed E-state index contributed by atoms with van der Waals surface area (Å²) >= 11 is 0. The van der Waals surface area contributed by atoms with Crippen LogP contribution in [0.1, 0.15) is 26.2 Å². The number of carboxylic acid groups (broad SMARTS) is 1. The Morgan fingerprint density at radius 2 is 2.38 bits per heavy atom. The molecule has 3 unspecified atom stereocenters. The molecular formula is C10H14O3. The molecule has 2 N–H and O–H groups in total. The van der Waals surface area contributed by atoms with Gasteiger partial charge in [-0.25, -0.2) is 4.79 Å². The topological polar surface area (TPSA) is 57.5 Å². The van der Waals surface area contributed by atoms with Crippen LogP contribution in [0.2, 0.25) is 0 Å². The average Bonchev–Trinajstić information content (AvgIpc) is 2.52. The smallest absolute Gasteiger partial charge is 0.331 e. The van der Waals surface area contributed by atoms with Gasteiger partial charge in [0.15, 0.2) is 0 Å². The molecule has 0 aliphatic heterocycles. The summed E-state index contributed by atoms with van der Waals surface area (Å²) in [7, 11) is 0. The molecule has 0 bridgehead atoms. The third kappa shape index (κ3) is 1.18. The van der Waals surface area contributed by atoms with E-state index in [0.717, 1.165) is 19.3 Å². The van der Waals surface area contributed by atoms with Crippen LogP contribution in [-0.4, -0.2) is 21.8 Å². The van der Waals surface area contributed by atoms with Crippen molar-refractivity contribution < 1.29 is 15.0 Å². The van der Waals surface area contributed by atoms with Gasteiger partial charge in [0.25, 0.3) is 0 Å². The summed E-state index contributed by atoms with van der Waals surface area (Å²) < 4.78 is 0. The largest absolute Gasteiger partial charge is 0.478 e. The average molecular weight is 182 g/mol. The van der Waals surface area contributed by atoms with Gasteiger partial charge in [0.1, 0.15) is 0 Å². The lowest BCUT2D eigenvalue weighted by molar-refractivity contribution is -0.133. The highest BCUT2D eigenvalue weighted by Gasteiger charge is 2.48. The number of hydrogen-bond donors (Lipinski definition) is 2. The van der Waals surface area contributed by atoms with E-state index >= 15 is 0 Å². The first-order chi connectivity index (χ1) is 6.02. The van der Waals surface area contributed by atoms with E-state index in [9.17, 15) is 9.90 Å². The lowest BCUT2D eigenvalue weighted by Gasteiger charge is -2.24. The Morgan fingerprint density at radius 1 is 1.69 bits per heavy atom. The van der Waals surface area contributed by atoms with Crippen LogP contribution in [0.25, 0.3) is 0 Å². The van der Waals surface area contributed by atoms with Crippen LogP contribution >= 0.6 is 0 Å². The van der Waals surface area contributed by atoms with Crippen LogP contribution in [-0.2, 0) is 4.79 Å². The zero-order chi connectivity index (χ0) is 9.64. The molecule has 1 saturated carbocycles. The number of hydrogen-bond acceptors (Lipinski definition) is 2. The maximum atomic E-state index is 10.8. The van der Waals surface area contributed by atoms with Gasteiger partial charge in [-0.3, -0.25) is 0 Å². The quantitative estimate of drug-likeness (QED) is 0.640. The Bertz CT molecular complexity index is 278. The van der Waals surface area contributed by atoms with E-state index in [-0.39, 0.29) is 11.8 Å². The molecule has 0 saturated heterocycles. The minimum Gasteiger partial charge on any atom is -0.478 e. The van der Waals surface area contributed by atoms with Crippen LogP contribution in [0.4, 0.5) is 0 Å². The normalized spacial score (nSPS) is 43.1. The Balaban J connectivity index is 2.22. The maximum Gasteiger partial charge on any atom is 0.331 e. The predicted molar refractivity (Wildman–Crippen MR) is 47.2 cm³/mol. The van der Waals surface area contributed by atoms with Crippen LogP contribution < -0.4 is 0 Å². The molecule has 0 radical (unpaired) electrons. The summed E-state index contributed by atoms with van der Waals surface area (Å²) in [5.74, 6) is -0.587. The van der Waals surface area contributed by atoms with Crippen LogP contribution in [0.15, 0.2) is 11.6 Å². The van der Waals surface area contributed by atoms with Crippen molar-refractivity contribution in [2.24, 2.45) is 11.8 Å². The van der Waals surface area contributed by atoms with Crippen molar-refractivity contribution in [2.75, 3.05) is 0 Å². The van der Waals surface area contributed by atoms with Gasteiger partial charge in [0.05, 0.1) is 5.60 Å². The number of aliphatic carboxylic acids is 1. The molecule has 0 heterocycles. The predicted octanol–water partition coefficient (Wildman–Crippen LogP) is 1.18. The number of fused-ring (bicyclic) bond motifs is 1. The van der Waals surface area contributed by atoms with Crippen molar-refractivity contribution in [1.29, 1.82) is 0 Å². The van der Waals surface area contributed by atoms with Gasteiger partial charge in [0.2, 0.25) is 0 Å². The van der Waals surface area contributed by atoms with Crippen molar-refractivity contribution >= 4 is 5.97 Å². The lowest BCUT2D eigenvalue weighted by atomic mass is 9.87. The fourth-order valence-electron chi connectivity index (χ4n) is 2.71. The molecule has 2 aliphatic rings. The standard InChI is InChI=1S/C10H14O3/c1-10(13)5-4-6-7(9(11)12)2-3-8(6)10/h2,6,8,13H,3-5H2,1H3,(H,11,12). The third-order valence-electron chi connectivity index (χ3n) is 3.48. The summed E-state index contributed by atoms with van der Waals surface area (Å²) in [6.45, 7) is 1.82. The molecule has 0 spiro atoms. The molecule has 72 valence electrons. The van der Waals surface area contributed by atoms with Gasteiger partial charge in [-0.2, -0.15) is 0 Å². The molecule has 0 aromatic rings. The van der Waals surface area contributed by atoms with E-state index in [0.29, 0.717) is 5.57 Å². The van der Waals surface area contributed by atoms with E-state index in [1.165, 1.54) is 0 Å². The number of carbonyl (C=O) groups is 1. The Labute approximate surface area is 77.1 Å². The summed E-state index contributed by atoms with van der Waals surface area (Å²) in [4.78, 5) is 10.8. The summed E-state index contributed by atoms with van der Waals surface area (Å²) in [6, 6.07) is 0. The van der Waals surface area contributed by atoms with Crippen molar-refractivity contribution in [3.63, 3.8) is 0 Å². The van der Waals surface area contributed by atoms with Crippen LogP contribution in [0, 0.1) is 11.8 Å². The van der Waals surface area contributed by atoms with E-state index in [4.69, 9.17) is 5.11 Å². The first kappa shape index (κ1) is 8.75. The molecule has 2 aliphatic carbocycles.